The van der Waals surface area contributed by atoms with Gasteiger partial charge in [0.2, 0.25) is 0 Å². The maximum absolute atomic E-state index is 13.7. The van der Waals surface area contributed by atoms with Crippen molar-refractivity contribution in [3.8, 4) is 17.1 Å². The molecule has 0 amide bonds. The molecule has 6 rings (SSSR count). The third-order valence-corrected chi connectivity index (χ3v) is 6.51. The zero-order chi connectivity index (χ0) is 26.4. The molecule has 192 valence electrons. The molecule has 13 heteroatoms. The average Bonchev–Trinajstić information content (AvgIpc) is 3.52. The number of rotatable bonds is 4. The van der Waals surface area contributed by atoms with Crippen molar-refractivity contribution < 1.29 is 22.7 Å². The van der Waals surface area contributed by atoms with Crippen LogP contribution in [0.1, 0.15) is 45.3 Å². The lowest BCUT2D eigenvalue weighted by molar-refractivity contribution is -0.137. The van der Waals surface area contributed by atoms with Gasteiger partial charge in [0.1, 0.15) is 12.2 Å². The van der Waals surface area contributed by atoms with Crippen molar-refractivity contribution in [2.24, 2.45) is 0 Å². The van der Waals surface area contributed by atoms with Gasteiger partial charge in [0, 0.05) is 17.1 Å². The van der Waals surface area contributed by atoms with E-state index >= 15 is 0 Å². The summed E-state index contributed by atoms with van der Waals surface area (Å²) in [6, 6.07) is 8.92. The summed E-state index contributed by atoms with van der Waals surface area (Å²) in [6.45, 7) is 2.40. The van der Waals surface area contributed by atoms with E-state index in [1.165, 1.54) is 23.1 Å². The van der Waals surface area contributed by atoms with Crippen molar-refractivity contribution in [2.75, 3.05) is 6.61 Å². The van der Waals surface area contributed by atoms with E-state index in [9.17, 15) is 18.0 Å². The van der Waals surface area contributed by atoms with Crippen LogP contribution in [0.25, 0.3) is 22.3 Å². The van der Waals surface area contributed by atoms with Gasteiger partial charge in [-0.15, -0.1) is 10.2 Å². The van der Waals surface area contributed by atoms with Crippen molar-refractivity contribution in [3.63, 3.8) is 0 Å². The molecule has 0 spiro atoms. The number of nitrogens with one attached hydrogen (secondary N) is 1. The highest BCUT2D eigenvalue weighted by Gasteiger charge is 2.33. The monoisotopic (exact) mass is 520 g/mol. The van der Waals surface area contributed by atoms with Crippen molar-refractivity contribution in [1.29, 1.82) is 0 Å². The Morgan fingerprint density at radius 1 is 1.16 bits per heavy atom. The quantitative estimate of drug-likeness (QED) is 0.375. The van der Waals surface area contributed by atoms with Crippen LogP contribution in [0.2, 0.25) is 0 Å². The van der Waals surface area contributed by atoms with Crippen LogP contribution in [0.3, 0.4) is 0 Å². The van der Waals surface area contributed by atoms with E-state index in [1.807, 2.05) is 25.1 Å². The summed E-state index contributed by atoms with van der Waals surface area (Å²) in [7, 11) is 0. The minimum atomic E-state index is -4.44. The number of ketones is 1. The first-order valence-electron chi connectivity index (χ1n) is 11.7. The van der Waals surface area contributed by atoms with Crippen LogP contribution < -0.4 is 4.74 Å². The van der Waals surface area contributed by atoms with Gasteiger partial charge in [-0.25, -0.2) is 9.97 Å². The molecule has 0 saturated carbocycles. The van der Waals surface area contributed by atoms with E-state index in [4.69, 9.17) is 4.74 Å². The summed E-state index contributed by atoms with van der Waals surface area (Å²) >= 11 is 0. The lowest BCUT2D eigenvalue weighted by Gasteiger charge is -2.17. The Morgan fingerprint density at radius 2 is 2.03 bits per heavy atom. The van der Waals surface area contributed by atoms with Crippen LogP contribution in [0.15, 0.2) is 48.8 Å². The highest BCUT2D eigenvalue weighted by molar-refractivity contribution is 6.02. The summed E-state index contributed by atoms with van der Waals surface area (Å²) in [5.41, 5.74) is 2.37. The molecule has 1 unspecified atom stereocenters. The van der Waals surface area contributed by atoms with E-state index in [2.05, 4.69) is 35.7 Å². The molecule has 1 aliphatic heterocycles. The van der Waals surface area contributed by atoms with E-state index < -0.39 is 17.7 Å². The number of carbonyl (C=O) groups excluding carboxylic acids is 1. The number of benzene rings is 2. The standard InChI is InChI=1S/C25H19F3N8O2/c1-13-8-14(24-29-10-15-9-16(25(26,27)28)3-5-19(15)31-24)2-4-17(13)18-6-7-38-20-11-30-36(22(20)23(18)37)12-21-32-34-35-33-21/h2-5,8-11,18H,6-7,12H2,1H3,(H,32,33,34,35). The van der Waals surface area contributed by atoms with Gasteiger partial charge in [0.05, 0.1) is 29.8 Å². The molecule has 0 fully saturated rings. The molecule has 1 N–H and O–H groups in total. The minimum absolute atomic E-state index is 0.128. The summed E-state index contributed by atoms with van der Waals surface area (Å²) in [6.07, 6.45) is -1.06. The fourth-order valence-corrected chi connectivity index (χ4v) is 4.66. The topological polar surface area (TPSA) is 124 Å². The fraction of sp³-hybridized carbons (Fsp3) is 0.240. The first-order valence-corrected chi connectivity index (χ1v) is 11.7. The van der Waals surface area contributed by atoms with Crippen molar-refractivity contribution >= 4 is 16.7 Å². The largest absolute Gasteiger partial charge is 0.489 e. The van der Waals surface area contributed by atoms with E-state index in [0.717, 1.165) is 23.3 Å². The van der Waals surface area contributed by atoms with Gasteiger partial charge in [0.25, 0.3) is 0 Å². The van der Waals surface area contributed by atoms with Gasteiger partial charge >= 0.3 is 6.18 Å². The number of tetrazole rings is 1. The van der Waals surface area contributed by atoms with E-state index in [-0.39, 0.29) is 12.3 Å². The van der Waals surface area contributed by atoms with Crippen LogP contribution in [-0.4, -0.2) is 52.8 Å². The number of nitrogens with zero attached hydrogens (tertiary/aromatic N) is 7. The molecule has 2 aromatic carbocycles. The number of alkyl halides is 3. The number of aryl methyl sites for hydroxylation is 1. The van der Waals surface area contributed by atoms with Crippen molar-refractivity contribution in [2.45, 2.75) is 32.0 Å². The lowest BCUT2D eigenvalue weighted by Crippen LogP contribution is -2.19. The zero-order valence-electron chi connectivity index (χ0n) is 19.9. The number of hydrogen-bond acceptors (Lipinski definition) is 8. The first kappa shape index (κ1) is 23.7. The summed E-state index contributed by atoms with van der Waals surface area (Å²) in [5, 5.41) is 18.4. The van der Waals surface area contributed by atoms with Gasteiger partial charge in [-0.2, -0.15) is 23.5 Å². The molecule has 1 atom stereocenters. The predicted molar refractivity (Wildman–Crippen MR) is 127 cm³/mol. The molecule has 0 aliphatic carbocycles. The number of aromatic nitrogens is 8. The van der Waals surface area contributed by atoms with Gasteiger partial charge in [-0.05, 0) is 48.7 Å². The molecule has 38 heavy (non-hydrogen) atoms. The Labute approximate surface area is 212 Å². The van der Waals surface area contributed by atoms with Crippen LogP contribution >= 0.6 is 0 Å². The molecule has 3 aromatic heterocycles. The Morgan fingerprint density at radius 3 is 2.79 bits per heavy atom. The number of carbonyl (C=O) groups is 1. The number of Topliss-reactive ketones (excluding diaryl/α,β-unsaturated/α-hetero) is 1. The Balaban J connectivity index is 1.30. The number of hydrogen-bond donors (Lipinski definition) is 1. The normalized spacial score (nSPS) is 15.8. The second kappa shape index (κ2) is 9.01. The second-order valence-electron chi connectivity index (χ2n) is 8.93. The highest BCUT2D eigenvalue weighted by atomic mass is 19.4. The highest BCUT2D eigenvalue weighted by Crippen LogP contribution is 2.36. The molecule has 0 saturated heterocycles. The Hall–Kier alpha value is -4.68. The van der Waals surface area contributed by atoms with E-state index in [1.54, 1.807) is 0 Å². The second-order valence-corrected chi connectivity index (χ2v) is 8.93. The first-order chi connectivity index (χ1) is 18.3. The fourth-order valence-electron chi connectivity index (χ4n) is 4.66. The van der Waals surface area contributed by atoms with Crippen LogP contribution in [0.4, 0.5) is 13.2 Å². The Kier molecular flexibility index (Phi) is 5.62. The molecule has 10 nitrogen and oxygen atoms in total. The lowest BCUT2D eigenvalue weighted by atomic mass is 9.87. The smallest absolute Gasteiger partial charge is 0.416 e. The predicted octanol–water partition coefficient (Wildman–Crippen LogP) is 4.13. The van der Waals surface area contributed by atoms with Crippen LogP contribution in [0, 0.1) is 6.92 Å². The number of H-pyrrole nitrogens is 1. The number of ether oxygens (including phenoxy) is 1. The maximum atomic E-state index is 13.7. The molecule has 1 aliphatic rings. The van der Waals surface area contributed by atoms with Gasteiger partial charge in [-0.3, -0.25) is 9.48 Å². The number of fused-ring (bicyclic) bond motifs is 2. The van der Waals surface area contributed by atoms with Crippen molar-refractivity contribution in [3.05, 3.63) is 77.0 Å². The van der Waals surface area contributed by atoms with Crippen molar-refractivity contribution in [1.82, 2.24) is 40.4 Å². The SMILES string of the molecule is Cc1cc(-c2ncc3cc(C(F)(F)F)ccc3n2)ccc1C1CCOc2cnn(Cc3nn[nH]n3)c2C1=O. The van der Waals surface area contributed by atoms with Gasteiger partial charge < -0.3 is 4.74 Å². The van der Waals surface area contributed by atoms with E-state index in [0.29, 0.717) is 52.6 Å². The maximum Gasteiger partial charge on any atom is 0.416 e. The third-order valence-electron chi connectivity index (χ3n) is 6.51. The molecule has 0 bridgehead atoms. The number of aromatic amines is 1. The average molecular weight is 520 g/mol. The molecule has 4 heterocycles. The van der Waals surface area contributed by atoms with Gasteiger partial charge in [-0.1, -0.05) is 17.3 Å². The third kappa shape index (κ3) is 4.25. The summed E-state index contributed by atoms with van der Waals surface area (Å²) in [4.78, 5) is 22.4. The number of halogens is 3. The molecule has 5 aromatic rings. The van der Waals surface area contributed by atoms with Crippen LogP contribution in [0.5, 0.6) is 5.75 Å². The summed E-state index contributed by atoms with van der Waals surface area (Å²) in [5.74, 6) is 0.576. The van der Waals surface area contributed by atoms with Gasteiger partial charge in [0.15, 0.2) is 23.2 Å². The molecule has 0 radical (unpaired) electrons. The molecular weight excluding hydrogens is 501 g/mol. The van der Waals surface area contributed by atoms with Crippen LogP contribution in [-0.2, 0) is 12.7 Å². The Bertz CT molecular complexity index is 1660. The summed E-state index contributed by atoms with van der Waals surface area (Å²) < 4.78 is 46.4. The molecular formula is C25H19F3N8O2. The minimum Gasteiger partial charge on any atom is -0.489 e. The zero-order valence-corrected chi connectivity index (χ0v) is 19.9.